The van der Waals surface area contributed by atoms with E-state index in [4.69, 9.17) is 0 Å². The van der Waals surface area contributed by atoms with Crippen LogP contribution in [0, 0.1) is 0 Å². The van der Waals surface area contributed by atoms with Crippen molar-refractivity contribution in [1.29, 1.82) is 0 Å². The fourth-order valence-corrected chi connectivity index (χ4v) is 1.79. The van der Waals surface area contributed by atoms with Gasteiger partial charge in [0.05, 0.1) is 0 Å². The molecule has 1 amide bonds. The van der Waals surface area contributed by atoms with Gasteiger partial charge in [0.1, 0.15) is 0 Å². The van der Waals surface area contributed by atoms with Crippen molar-refractivity contribution in [1.82, 2.24) is 5.32 Å². The highest BCUT2D eigenvalue weighted by Gasteiger charge is 1.95. The van der Waals surface area contributed by atoms with Gasteiger partial charge in [-0.2, -0.15) is 0 Å². The second kappa shape index (κ2) is 18.8. The van der Waals surface area contributed by atoms with E-state index in [1.54, 1.807) is 0 Å². The first kappa shape index (κ1) is 19.8. The molecule has 0 aromatic carbocycles. The zero-order chi connectivity index (χ0) is 14.1. The molecule has 0 heterocycles. The Labute approximate surface area is 115 Å². The number of hydrogen-bond acceptors (Lipinski definition) is 1. The van der Waals surface area contributed by atoms with Crippen molar-refractivity contribution < 1.29 is 4.79 Å². The summed E-state index contributed by atoms with van der Waals surface area (Å²) in [5, 5.41) is 2.91. The molecule has 0 aromatic heterocycles. The lowest BCUT2D eigenvalue weighted by Gasteiger charge is -2.03. The molecule has 0 saturated carbocycles. The van der Waals surface area contributed by atoms with Crippen LogP contribution in [0.4, 0.5) is 0 Å². The molecule has 2 heteroatoms. The molecule has 0 spiro atoms. The molecule has 1 N–H and O–H groups in total. The van der Waals surface area contributed by atoms with Gasteiger partial charge < -0.3 is 5.32 Å². The van der Waals surface area contributed by atoms with Gasteiger partial charge in [0.2, 0.25) is 5.91 Å². The van der Waals surface area contributed by atoms with Crippen molar-refractivity contribution >= 4 is 5.91 Å². The van der Waals surface area contributed by atoms with Crippen LogP contribution >= 0.6 is 0 Å². The van der Waals surface area contributed by atoms with E-state index in [1.165, 1.54) is 51.4 Å². The van der Waals surface area contributed by atoms with Gasteiger partial charge in [0.15, 0.2) is 0 Å². The van der Waals surface area contributed by atoms with E-state index in [1.807, 2.05) is 20.8 Å². The highest BCUT2D eigenvalue weighted by molar-refractivity contribution is 5.75. The van der Waals surface area contributed by atoms with Crippen LogP contribution in [0.25, 0.3) is 0 Å². The van der Waals surface area contributed by atoms with Crippen LogP contribution in [-0.2, 0) is 4.79 Å². The maximum Gasteiger partial charge on any atom is 0.219 e. The average Bonchev–Trinajstić information content (AvgIpc) is 2.42. The van der Waals surface area contributed by atoms with E-state index >= 15 is 0 Å². The summed E-state index contributed by atoms with van der Waals surface area (Å²) in [4.78, 5) is 10.9. The fraction of sp³-hybridized carbons (Fsp3) is 0.938. The van der Waals surface area contributed by atoms with Gasteiger partial charge in [-0.15, -0.1) is 0 Å². The number of nitrogens with one attached hydrogen (secondary N) is 1. The molecular weight excluding hydrogens is 222 g/mol. The minimum absolute atomic E-state index is 0.180. The van der Waals surface area contributed by atoms with Crippen LogP contribution < -0.4 is 5.32 Å². The molecule has 0 aromatic rings. The van der Waals surface area contributed by atoms with Gasteiger partial charge in [-0.05, 0) is 6.42 Å². The molecule has 2 nitrogen and oxygen atoms in total. The van der Waals surface area contributed by atoms with Crippen molar-refractivity contribution in [3.63, 3.8) is 0 Å². The zero-order valence-corrected chi connectivity index (χ0v) is 13.2. The first-order valence-corrected chi connectivity index (χ1v) is 8.08. The fourth-order valence-electron chi connectivity index (χ4n) is 1.79. The number of carbonyl (C=O) groups excluding carboxylic acids is 1. The molecule has 0 unspecified atom stereocenters. The Bertz CT molecular complexity index is 157. The quantitative estimate of drug-likeness (QED) is 0.514. The summed E-state index contributed by atoms with van der Waals surface area (Å²) in [7, 11) is 0. The van der Waals surface area contributed by atoms with Gasteiger partial charge in [-0.25, -0.2) is 0 Å². The first-order chi connectivity index (χ1) is 8.81. The monoisotopic (exact) mass is 257 g/mol. The molecule has 0 aliphatic heterocycles. The Morgan fingerprint density at radius 1 is 0.778 bits per heavy atom. The highest BCUT2D eigenvalue weighted by Crippen LogP contribution is 2.09. The number of hydrogen-bond donors (Lipinski definition) is 1. The van der Waals surface area contributed by atoms with Crippen LogP contribution in [0.1, 0.15) is 91.9 Å². The largest absolute Gasteiger partial charge is 0.356 e. The Kier molecular flexibility index (Phi) is 20.7. The van der Waals surface area contributed by atoms with E-state index < -0.39 is 0 Å². The summed E-state index contributed by atoms with van der Waals surface area (Å²) in [5.41, 5.74) is 0. The maximum atomic E-state index is 10.9. The summed E-state index contributed by atoms with van der Waals surface area (Å²) in [6.07, 6.45) is 12.6. The third-order valence-electron chi connectivity index (χ3n) is 2.92. The third kappa shape index (κ3) is 17.9. The normalized spacial score (nSPS) is 9.56. The lowest BCUT2D eigenvalue weighted by molar-refractivity contribution is -0.120. The molecular formula is C16H35NO. The highest BCUT2D eigenvalue weighted by atomic mass is 16.1. The van der Waals surface area contributed by atoms with Gasteiger partial charge >= 0.3 is 0 Å². The molecule has 0 saturated heterocycles. The number of unbranched alkanes of at least 4 members (excludes halogenated alkanes) is 8. The minimum atomic E-state index is 0.180. The van der Waals surface area contributed by atoms with Crippen LogP contribution in [0.5, 0.6) is 0 Å². The number of amides is 1. The van der Waals surface area contributed by atoms with E-state index in [-0.39, 0.29) is 5.91 Å². The molecule has 0 fully saturated rings. The third-order valence-corrected chi connectivity index (χ3v) is 2.92. The van der Waals surface area contributed by atoms with Crippen molar-refractivity contribution in [2.24, 2.45) is 0 Å². The Morgan fingerprint density at radius 3 is 1.67 bits per heavy atom. The van der Waals surface area contributed by atoms with Gasteiger partial charge in [0.25, 0.3) is 0 Å². The first-order valence-electron chi connectivity index (χ1n) is 8.08. The average molecular weight is 257 g/mol. The van der Waals surface area contributed by atoms with Crippen LogP contribution in [0.3, 0.4) is 0 Å². The molecule has 0 radical (unpaired) electrons. The smallest absolute Gasteiger partial charge is 0.219 e. The standard InChI is InChI=1S/C14H29NO.C2H6/c1-3-5-6-7-8-9-10-11-12-13-15-14(16)4-2;1-2/h3-13H2,1-2H3,(H,15,16);1-2H3. The van der Waals surface area contributed by atoms with Crippen molar-refractivity contribution in [2.45, 2.75) is 91.9 Å². The summed E-state index contributed by atoms with van der Waals surface area (Å²) >= 11 is 0. The van der Waals surface area contributed by atoms with Crippen LogP contribution in [0.2, 0.25) is 0 Å². The maximum absolute atomic E-state index is 10.9. The van der Waals surface area contributed by atoms with Gasteiger partial charge in [0, 0.05) is 13.0 Å². The lowest BCUT2D eigenvalue weighted by atomic mass is 10.1. The number of rotatable bonds is 11. The van der Waals surface area contributed by atoms with E-state index in [2.05, 4.69) is 12.2 Å². The topological polar surface area (TPSA) is 29.1 Å². The molecule has 0 aliphatic rings. The molecule has 0 atom stereocenters. The van der Waals surface area contributed by atoms with Crippen LogP contribution in [0.15, 0.2) is 0 Å². The molecule has 18 heavy (non-hydrogen) atoms. The summed E-state index contributed by atoms with van der Waals surface area (Å²) < 4.78 is 0. The second-order valence-electron chi connectivity index (χ2n) is 4.53. The zero-order valence-electron chi connectivity index (χ0n) is 13.2. The molecule has 0 rings (SSSR count). The van der Waals surface area contributed by atoms with Gasteiger partial charge in [-0.3, -0.25) is 4.79 Å². The van der Waals surface area contributed by atoms with Crippen molar-refractivity contribution in [3.05, 3.63) is 0 Å². The van der Waals surface area contributed by atoms with Crippen molar-refractivity contribution in [3.8, 4) is 0 Å². The Morgan fingerprint density at radius 2 is 1.22 bits per heavy atom. The molecule has 0 bridgehead atoms. The summed E-state index contributed by atoms with van der Waals surface area (Å²) in [5.74, 6) is 0.180. The van der Waals surface area contributed by atoms with Crippen molar-refractivity contribution in [2.75, 3.05) is 6.54 Å². The SMILES string of the molecule is CC.CCCCCCCCCCCNC(=O)CC. The van der Waals surface area contributed by atoms with Gasteiger partial charge in [-0.1, -0.05) is 79.1 Å². The molecule has 0 aliphatic carbocycles. The van der Waals surface area contributed by atoms with E-state index in [9.17, 15) is 4.79 Å². The molecule has 110 valence electrons. The number of carbonyl (C=O) groups is 1. The Hall–Kier alpha value is -0.530. The predicted molar refractivity (Wildman–Crippen MR) is 81.9 cm³/mol. The minimum Gasteiger partial charge on any atom is -0.356 e. The summed E-state index contributed by atoms with van der Waals surface area (Å²) in [6.45, 7) is 9.01. The van der Waals surface area contributed by atoms with Crippen LogP contribution in [-0.4, -0.2) is 12.5 Å². The Balaban J connectivity index is 0. The second-order valence-corrected chi connectivity index (χ2v) is 4.53. The van der Waals surface area contributed by atoms with E-state index in [0.717, 1.165) is 13.0 Å². The predicted octanol–water partition coefficient (Wildman–Crippen LogP) is 5.07. The lowest BCUT2D eigenvalue weighted by Crippen LogP contribution is -2.23. The summed E-state index contributed by atoms with van der Waals surface area (Å²) in [6, 6.07) is 0. The van der Waals surface area contributed by atoms with E-state index in [0.29, 0.717) is 6.42 Å².